The monoisotopic (exact) mass is 498 g/mol. The minimum Gasteiger partial charge on any atom is -0.493 e. The third-order valence-electron chi connectivity index (χ3n) is 6.30. The van der Waals surface area contributed by atoms with Crippen LogP contribution in [0.3, 0.4) is 0 Å². The van der Waals surface area contributed by atoms with E-state index in [4.69, 9.17) is 9.47 Å². The molecule has 6 nitrogen and oxygen atoms in total. The third kappa shape index (κ3) is 3.52. The van der Waals surface area contributed by atoms with Crippen molar-refractivity contribution in [2.24, 2.45) is 28.8 Å². The molecule has 5 rings (SSSR count). The van der Waals surface area contributed by atoms with Crippen LogP contribution < -0.4 is 9.47 Å². The van der Waals surface area contributed by atoms with E-state index in [1.807, 2.05) is 12.2 Å². The number of imide groups is 1. The van der Waals surface area contributed by atoms with Crippen LogP contribution in [0.4, 0.5) is 4.39 Å². The van der Waals surface area contributed by atoms with Crippen molar-refractivity contribution in [3.8, 4) is 11.5 Å². The number of methoxy groups -OCH3 is 1. The van der Waals surface area contributed by atoms with E-state index in [1.165, 1.54) is 25.5 Å². The van der Waals surface area contributed by atoms with E-state index in [9.17, 15) is 14.0 Å². The maximum Gasteiger partial charge on any atom is 0.254 e. The fraction of sp³-hybridized carbons (Fsp3) is 0.292. The van der Waals surface area contributed by atoms with Gasteiger partial charge in [-0.25, -0.2) is 4.39 Å². The molecule has 2 fully saturated rings. The second-order valence-electron chi connectivity index (χ2n) is 8.18. The Morgan fingerprint density at radius 3 is 2.53 bits per heavy atom. The summed E-state index contributed by atoms with van der Waals surface area (Å²) >= 11 is 3.43. The van der Waals surface area contributed by atoms with E-state index in [2.05, 4.69) is 21.0 Å². The fourth-order valence-electron chi connectivity index (χ4n) is 4.89. The highest BCUT2D eigenvalue weighted by Crippen LogP contribution is 2.52. The quantitative estimate of drug-likeness (QED) is 0.338. The number of allylic oxidation sites excluding steroid dienone is 2. The van der Waals surface area contributed by atoms with E-state index in [0.717, 1.165) is 11.4 Å². The maximum absolute atomic E-state index is 13.5. The molecular weight excluding hydrogens is 479 g/mol. The number of rotatable bonds is 6. The first-order valence-corrected chi connectivity index (χ1v) is 11.1. The van der Waals surface area contributed by atoms with Crippen LogP contribution in [-0.2, 0) is 16.2 Å². The average Bonchev–Trinajstić information content (AvgIpc) is 3.45. The molecule has 0 aromatic heterocycles. The maximum atomic E-state index is 13.5. The standard InChI is InChI=1S/C24H20BrFN2O4/c1-31-19-10-17(25)9-16(22(19)32-12-13-3-2-4-18(26)7-13)11-27-28-23(29)20-14-5-6-15(8-14)21(20)24(28)30/h2-7,9-11,14-15,20-21H,8,12H2,1H3. The van der Waals surface area contributed by atoms with E-state index in [1.54, 1.807) is 24.3 Å². The van der Waals surface area contributed by atoms with Gasteiger partial charge in [-0.2, -0.15) is 10.1 Å². The van der Waals surface area contributed by atoms with Gasteiger partial charge in [0.05, 0.1) is 25.2 Å². The molecule has 4 atom stereocenters. The predicted octanol–water partition coefficient (Wildman–Crippen LogP) is 4.32. The molecule has 0 radical (unpaired) electrons. The Morgan fingerprint density at radius 2 is 1.88 bits per heavy atom. The van der Waals surface area contributed by atoms with Gasteiger partial charge in [0.2, 0.25) is 0 Å². The van der Waals surface area contributed by atoms with Crippen LogP contribution in [0.1, 0.15) is 17.5 Å². The van der Waals surface area contributed by atoms with E-state index in [-0.39, 0.29) is 47.9 Å². The van der Waals surface area contributed by atoms with Gasteiger partial charge < -0.3 is 9.47 Å². The molecule has 2 bridgehead atoms. The number of halogens is 2. The fourth-order valence-corrected chi connectivity index (χ4v) is 5.35. The molecule has 32 heavy (non-hydrogen) atoms. The van der Waals surface area contributed by atoms with Crippen LogP contribution in [0.2, 0.25) is 0 Å². The Morgan fingerprint density at radius 1 is 1.16 bits per heavy atom. The third-order valence-corrected chi connectivity index (χ3v) is 6.76. The first kappa shape index (κ1) is 20.9. The second-order valence-corrected chi connectivity index (χ2v) is 9.09. The van der Waals surface area contributed by atoms with Gasteiger partial charge in [-0.3, -0.25) is 9.59 Å². The topological polar surface area (TPSA) is 68.2 Å². The smallest absolute Gasteiger partial charge is 0.254 e. The lowest BCUT2D eigenvalue weighted by Gasteiger charge is -2.15. The van der Waals surface area contributed by atoms with Crippen LogP contribution >= 0.6 is 15.9 Å². The van der Waals surface area contributed by atoms with Crippen molar-refractivity contribution in [1.82, 2.24) is 5.01 Å². The van der Waals surface area contributed by atoms with Crippen molar-refractivity contribution in [3.05, 3.63) is 70.0 Å². The predicted molar refractivity (Wildman–Crippen MR) is 119 cm³/mol. The van der Waals surface area contributed by atoms with Gasteiger partial charge in [0, 0.05) is 10.0 Å². The number of benzene rings is 2. The molecule has 2 amide bonds. The van der Waals surface area contributed by atoms with E-state index in [0.29, 0.717) is 27.1 Å². The summed E-state index contributed by atoms with van der Waals surface area (Å²) in [5, 5.41) is 5.24. The molecule has 1 aliphatic heterocycles. The van der Waals surface area contributed by atoms with Gasteiger partial charge in [0.15, 0.2) is 11.5 Å². The average molecular weight is 499 g/mol. The molecule has 1 heterocycles. The molecule has 2 aromatic carbocycles. The highest BCUT2D eigenvalue weighted by atomic mass is 79.9. The molecule has 0 spiro atoms. The van der Waals surface area contributed by atoms with Gasteiger partial charge >= 0.3 is 0 Å². The molecule has 1 saturated heterocycles. The van der Waals surface area contributed by atoms with Crippen LogP contribution in [0.25, 0.3) is 0 Å². The number of nitrogens with zero attached hydrogens (tertiary/aromatic N) is 2. The number of fused-ring (bicyclic) bond motifs is 5. The Labute approximate surface area is 192 Å². The highest BCUT2D eigenvalue weighted by Gasteiger charge is 2.59. The number of hydrogen-bond acceptors (Lipinski definition) is 5. The normalized spacial score (nSPS) is 25.8. The van der Waals surface area contributed by atoms with Gasteiger partial charge in [-0.15, -0.1) is 0 Å². The largest absolute Gasteiger partial charge is 0.493 e. The lowest BCUT2D eigenvalue weighted by atomic mass is 9.85. The molecule has 1 saturated carbocycles. The van der Waals surface area contributed by atoms with Gasteiger partial charge in [0.1, 0.15) is 12.4 Å². The Balaban J connectivity index is 1.42. The Hall–Kier alpha value is -3.00. The van der Waals surface area contributed by atoms with E-state index >= 15 is 0 Å². The number of carbonyl (C=O) groups excluding carboxylic acids is 2. The minimum atomic E-state index is -0.351. The molecule has 2 aliphatic carbocycles. The Bertz CT molecular complexity index is 1130. The van der Waals surface area contributed by atoms with Crippen LogP contribution in [0.15, 0.2) is 58.1 Å². The summed E-state index contributed by atoms with van der Waals surface area (Å²) < 4.78 is 25.6. The first-order valence-electron chi connectivity index (χ1n) is 10.3. The molecular formula is C24H20BrFN2O4. The summed E-state index contributed by atoms with van der Waals surface area (Å²) in [5.74, 6) is -0.410. The summed E-state index contributed by atoms with van der Waals surface area (Å²) in [4.78, 5) is 25.8. The van der Waals surface area contributed by atoms with Gasteiger partial charge in [-0.05, 0) is 48.1 Å². The zero-order chi connectivity index (χ0) is 22.4. The summed E-state index contributed by atoms with van der Waals surface area (Å²) in [5.41, 5.74) is 1.17. The number of hydrogen-bond donors (Lipinski definition) is 0. The first-order chi connectivity index (χ1) is 15.5. The molecule has 0 N–H and O–H groups in total. The van der Waals surface area contributed by atoms with Crippen LogP contribution in [0.5, 0.6) is 11.5 Å². The summed E-state index contributed by atoms with van der Waals surface area (Å²) in [6.07, 6.45) is 6.38. The number of amides is 2. The second kappa shape index (κ2) is 8.16. The van der Waals surface area contributed by atoms with Gasteiger partial charge in [-0.1, -0.05) is 40.2 Å². The van der Waals surface area contributed by atoms with Crippen LogP contribution in [0, 0.1) is 29.5 Å². The minimum absolute atomic E-state index is 0.108. The summed E-state index contributed by atoms with van der Waals surface area (Å²) in [6.45, 7) is 0.108. The highest BCUT2D eigenvalue weighted by molar-refractivity contribution is 9.10. The van der Waals surface area contributed by atoms with Crippen LogP contribution in [-0.4, -0.2) is 30.1 Å². The molecule has 2 aromatic rings. The number of ether oxygens (including phenoxy) is 2. The van der Waals surface area contributed by atoms with Gasteiger partial charge in [0.25, 0.3) is 11.8 Å². The van der Waals surface area contributed by atoms with Crippen molar-refractivity contribution in [2.75, 3.05) is 7.11 Å². The number of carbonyl (C=O) groups is 2. The lowest BCUT2D eigenvalue weighted by Crippen LogP contribution is -2.28. The van der Waals surface area contributed by atoms with Crippen molar-refractivity contribution >= 4 is 34.0 Å². The van der Waals surface area contributed by atoms with Crippen molar-refractivity contribution < 1.29 is 23.5 Å². The molecule has 4 unspecified atom stereocenters. The lowest BCUT2D eigenvalue weighted by molar-refractivity contribution is -0.140. The number of hydrazone groups is 1. The van der Waals surface area contributed by atoms with E-state index < -0.39 is 0 Å². The zero-order valence-corrected chi connectivity index (χ0v) is 18.8. The van der Waals surface area contributed by atoms with Crippen molar-refractivity contribution in [2.45, 2.75) is 13.0 Å². The summed E-state index contributed by atoms with van der Waals surface area (Å²) in [6, 6.07) is 9.61. The SMILES string of the molecule is COc1cc(Br)cc(C=NN2C(=O)C3C4C=CC(C4)C3C2=O)c1OCc1cccc(F)c1. The van der Waals surface area contributed by atoms with Crippen molar-refractivity contribution in [3.63, 3.8) is 0 Å². The summed E-state index contributed by atoms with van der Waals surface area (Å²) in [7, 11) is 1.51. The molecule has 164 valence electrons. The Kier molecular flexibility index (Phi) is 5.33. The zero-order valence-electron chi connectivity index (χ0n) is 17.2. The molecule has 3 aliphatic rings. The van der Waals surface area contributed by atoms with Crippen molar-refractivity contribution in [1.29, 1.82) is 0 Å². The molecule has 8 heteroatoms.